The maximum absolute atomic E-state index is 11.0. The molecule has 4 N–H and O–H groups in total. The number of hydrogen-bond acceptors (Lipinski definition) is 7. The highest BCUT2D eigenvalue weighted by atomic mass is 16.5. The molecule has 0 unspecified atom stereocenters. The highest BCUT2D eigenvalue weighted by Crippen LogP contribution is 2.23. The Bertz CT molecular complexity index is 963. The van der Waals surface area contributed by atoms with E-state index in [9.17, 15) is 4.79 Å². The summed E-state index contributed by atoms with van der Waals surface area (Å²) in [4.78, 5) is 20.3. The van der Waals surface area contributed by atoms with Gasteiger partial charge in [-0.05, 0) is 42.7 Å². The Kier molecular flexibility index (Phi) is 7.79. The fourth-order valence-corrected chi connectivity index (χ4v) is 3.06. The van der Waals surface area contributed by atoms with E-state index < -0.39 is 0 Å². The number of nitrogens with zero attached hydrogens (tertiary/aromatic N) is 2. The van der Waals surface area contributed by atoms with E-state index in [-0.39, 0.29) is 5.91 Å². The number of hydroxylamine groups is 1. The Hall–Kier alpha value is -3.39. The molecule has 1 amide bonds. The molecule has 2 aromatic carbocycles. The summed E-state index contributed by atoms with van der Waals surface area (Å²) in [6, 6.07) is 15.8. The minimum atomic E-state index is -0.353. The molecule has 0 bridgehead atoms. The molecule has 30 heavy (non-hydrogen) atoms. The van der Waals surface area contributed by atoms with Crippen molar-refractivity contribution in [1.29, 1.82) is 0 Å². The molecule has 1 heterocycles. The maximum Gasteiger partial charge on any atom is 0.243 e. The quantitative estimate of drug-likeness (QED) is 0.217. The van der Waals surface area contributed by atoms with Crippen molar-refractivity contribution in [2.75, 3.05) is 24.3 Å². The Labute approximate surface area is 175 Å². The van der Waals surface area contributed by atoms with Crippen LogP contribution in [0.3, 0.4) is 0 Å². The topological polar surface area (TPSA) is 108 Å². The molecule has 0 spiro atoms. The first-order chi connectivity index (χ1) is 14.7. The number of para-hydroxylation sites is 1. The molecule has 0 aliphatic heterocycles. The Balaban J connectivity index is 1.61. The van der Waals surface area contributed by atoms with Crippen molar-refractivity contribution < 1.29 is 14.7 Å². The van der Waals surface area contributed by atoms with Gasteiger partial charge in [0.05, 0.1) is 12.6 Å². The van der Waals surface area contributed by atoms with Crippen LogP contribution >= 0.6 is 0 Å². The zero-order valence-corrected chi connectivity index (χ0v) is 17.0. The van der Waals surface area contributed by atoms with Crippen LogP contribution in [-0.2, 0) is 11.3 Å². The number of ether oxygens (including phenoxy) is 1. The van der Waals surface area contributed by atoms with Gasteiger partial charge in [0, 0.05) is 24.9 Å². The fraction of sp³-hybridized carbons (Fsp3) is 0.318. The summed E-state index contributed by atoms with van der Waals surface area (Å²) in [5.74, 6) is 1.82. The lowest BCUT2D eigenvalue weighted by atomic mass is 10.2. The SMILES string of the molecule is COc1ccc(CNc2nc(NCCCCCC(=O)NO)nc3ccccc23)cc1. The van der Waals surface area contributed by atoms with Crippen molar-refractivity contribution >= 4 is 28.6 Å². The number of unbranched alkanes of at least 4 members (excludes halogenated alkanes) is 2. The molecule has 1 aromatic heterocycles. The van der Waals surface area contributed by atoms with Crippen LogP contribution in [0.2, 0.25) is 0 Å². The van der Waals surface area contributed by atoms with Gasteiger partial charge >= 0.3 is 0 Å². The van der Waals surface area contributed by atoms with Crippen LogP contribution in [0.15, 0.2) is 48.5 Å². The van der Waals surface area contributed by atoms with Crippen LogP contribution in [0, 0.1) is 0 Å². The zero-order valence-electron chi connectivity index (χ0n) is 17.0. The van der Waals surface area contributed by atoms with Gasteiger partial charge in [-0.2, -0.15) is 4.98 Å². The second-order valence-corrected chi connectivity index (χ2v) is 6.89. The van der Waals surface area contributed by atoms with Crippen molar-refractivity contribution in [3.05, 3.63) is 54.1 Å². The minimum absolute atomic E-state index is 0.322. The highest BCUT2D eigenvalue weighted by molar-refractivity contribution is 5.90. The van der Waals surface area contributed by atoms with E-state index in [0.29, 0.717) is 25.5 Å². The number of rotatable bonds is 11. The van der Waals surface area contributed by atoms with Gasteiger partial charge in [0.15, 0.2) is 0 Å². The standard InChI is InChI=1S/C22H27N5O3/c1-30-17-12-10-16(11-13-17)15-24-21-18-7-4-5-8-19(18)25-22(26-21)23-14-6-2-3-9-20(28)27-29/h4-5,7-8,10-13,29H,2-3,6,9,14-15H2,1H3,(H,27,28)(H2,23,24,25,26). The number of hydrogen-bond donors (Lipinski definition) is 4. The first-order valence-corrected chi connectivity index (χ1v) is 10.00. The molecule has 3 rings (SSSR count). The van der Waals surface area contributed by atoms with Crippen molar-refractivity contribution in [2.24, 2.45) is 0 Å². The highest BCUT2D eigenvalue weighted by Gasteiger charge is 2.07. The normalized spacial score (nSPS) is 10.6. The fourth-order valence-electron chi connectivity index (χ4n) is 3.06. The first-order valence-electron chi connectivity index (χ1n) is 10.00. The molecule has 0 aliphatic rings. The summed E-state index contributed by atoms with van der Waals surface area (Å²) in [6.07, 6.45) is 2.80. The first kappa shape index (κ1) is 21.3. The third kappa shape index (κ3) is 6.05. The summed E-state index contributed by atoms with van der Waals surface area (Å²) in [5, 5.41) is 16.1. The summed E-state index contributed by atoms with van der Waals surface area (Å²) < 4.78 is 5.20. The summed E-state index contributed by atoms with van der Waals surface area (Å²) >= 11 is 0. The van der Waals surface area contributed by atoms with Crippen molar-refractivity contribution in [3.8, 4) is 5.75 Å². The number of methoxy groups -OCH3 is 1. The third-order valence-corrected chi connectivity index (χ3v) is 4.71. The molecular weight excluding hydrogens is 382 g/mol. The van der Waals surface area contributed by atoms with Gasteiger partial charge in [-0.15, -0.1) is 0 Å². The Morgan fingerprint density at radius 3 is 2.57 bits per heavy atom. The smallest absolute Gasteiger partial charge is 0.243 e. The van der Waals surface area contributed by atoms with Crippen LogP contribution in [0.4, 0.5) is 11.8 Å². The largest absolute Gasteiger partial charge is 0.497 e. The molecule has 0 atom stereocenters. The number of benzene rings is 2. The molecule has 158 valence electrons. The van der Waals surface area contributed by atoms with Gasteiger partial charge in [0.2, 0.25) is 11.9 Å². The zero-order chi connectivity index (χ0) is 21.2. The number of carbonyl (C=O) groups is 1. The molecule has 0 saturated heterocycles. The molecule has 8 nitrogen and oxygen atoms in total. The lowest BCUT2D eigenvalue weighted by Gasteiger charge is -2.12. The lowest BCUT2D eigenvalue weighted by Crippen LogP contribution is -2.17. The number of amides is 1. The summed E-state index contributed by atoms with van der Waals surface area (Å²) in [6.45, 7) is 1.34. The summed E-state index contributed by atoms with van der Waals surface area (Å²) in [5.41, 5.74) is 3.64. The van der Waals surface area contributed by atoms with E-state index in [4.69, 9.17) is 9.94 Å². The number of fused-ring (bicyclic) bond motifs is 1. The Morgan fingerprint density at radius 1 is 1.00 bits per heavy atom. The predicted octanol–water partition coefficient (Wildman–Crippen LogP) is 3.73. The van der Waals surface area contributed by atoms with E-state index in [1.165, 1.54) is 0 Å². The van der Waals surface area contributed by atoms with Crippen LogP contribution in [-0.4, -0.2) is 34.7 Å². The second-order valence-electron chi connectivity index (χ2n) is 6.89. The van der Waals surface area contributed by atoms with E-state index in [1.54, 1.807) is 12.6 Å². The molecule has 8 heteroatoms. The monoisotopic (exact) mass is 409 g/mol. The molecule has 3 aromatic rings. The Morgan fingerprint density at radius 2 is 1.80 bits per heavy atom. The van der Waals surface area contributed by atoms with Crippen molar-refractivity contribution in [1.82, 2.24) is 15.4 Å². The van der Waals surface area contributed by atoms with Crippen LogP contribution in [0.1, 0.15) is 31.2 Å². The van der Waals surface area contributed by atoms with Gasteiger partial charge < -0.3 is 15.4 Å². The van der Waals surface area contributed by atoms with E-state index in [0.717, 1.165) is 47.3 Å². The van der Waals surface area contributed by atoms with Gasteiger partial charge in [-0.3, -0.25) is 10.0 Å². The number of carbonyl (C=O) groups excluding carboxylic acids is 1. The van der Waals surface area contributed by atoms with E-state index in [2.05, 4.69) is 20.6 Å². The number of anilines is 2. The number of nitrogens with one attached hydrogen (secondary N) is 3. The van der Waals surface area contributed by atoms with E-state index >= 15 is 0 Å². The predicted molar refractivity (Wildman–Crippen MR) is 117 cm³/mol. The van der Waals surface area contributed by atoms with Gasteiger partial charge in [0.25, 0.3) is 0 Å². The van der Waals surface area contributed by atoms with Crippen molar-refractivity contribution in [2.45, 2.75) is 32.2 Å². The third-order valence-electron chi connectivity index (χ3n) is 4.71. The van der Waals surface area contributed by atoms with Crippen LogP contribution in [0.5, 0.6) is 5.75 Å². The molecular formula is C22H27N5O3. The van der Waals surface area contributed by atoms with Gasteiger partial charge in [0.1, 0.15) is 11.6 Å². The van der Waals surface area contributed by atoms with E-state index in [1.807, 2.05) is 48.5 Å². The van der Waals surface area contributed by atoms with Crippen molar-refractivity contribution in [3.63, 3.8) is 0 Å². The molecule has 0 aliphatic carbocycles. The molecule has 0 radical (unpaired) electrons. The minimum Gasteiger partial charge on any atom is -0.497 e. The molecule has 0 saturated carbocycles. The maximum atomic E-state index is 11.0. The average molecular weight is 409 g/mol. The van der Waals surface area contributed by atoms with Gasteiger partial charge in [-0.1, -0.05) is 30.7 Å². The summed E-state index contributed by atoms with van der Waals surface area (Å²) in [7, 11) is 1.65. The second kappa shape index (κ2) is 11.0. The van der Waals surface area contributed by atoms with Gasteiger partial charge in [-0.25, -0.2) is 10.5 Å². The number of aromatic nitrogens is 2. The lowest BCUT2D eigenvalue weighted by molar-refractivity contribution is -0.129. The molecule has 0 fully saturated rings. The van der Waals surface area contributed by atoms with Crippen LogP contribution in [0.25, 0.3) is 10.9 Å². The average Bonchev–Trinajstić information content (AvgIpc) is 2.79. The van der Waals surface area contributed by atoms with Crippen LogP contribution < -0.4 is 20.9 Å².